The number of rotatable bonds is 7. The quantitative estimate of drug-likeness (QED) is 0.747. The molecule has 0 amide bonds. The minimum absolute atomic E-state index is 0.100. The maximum Gasteiger partial charge on any atom is 0.0726 e. The number of nitrogens with one attached hydrogen (secondary N) is 1. The Kier molecular flexibility index (Phi) is 5.82. The van der Waals surface area contributed by atoms with Crippen molar-refractivity contribution in [2.24, 2.45) is 5.92 Å². The van der Waals surface area contributed by atoms with E-state index < -0.39 is 9.73 Å². The third-order valence-corrected chi connectivity index (χ3v) is 4.69. The van der Waals surface area contributed by atoms with Gasteiger partial charge >= 0.3 is 0 Å². The predicted molar refractivity (Wildman–Crippen MR) is 75.3 cm³/mol. The molecule has 1 atom stereocenters. The van der Waals surface area contributed by atoms with Crippen molar-refractivity contribution in [1.29, 1.82) is 4.78 Å². The van der Waals surface area contributed by atoms with E-state index in [1.807, 2.05) is 24.3 Å². The van der Waals surface area contributed by atoms with Crippen LogP contribution in [0.15, 0.2) is 29.2 Å². The summed E-state index contributed by atoms with van der Waals surface area (Å²) in [5, 5.41) is 8.70. The van der Waals surface area contributed by atoms with Gasteiger partial charge in [-0.25, -0.2) is 8.99 Å². The lowest BCUT2D eigenvalue weighted by Gasteiger charge is -2.09. The minimum Gasteiger partial charge on any atom is -0.396 e. The first-order valence-corrected chi connectivity index (χ1v) is 8.14. The molecule has 0 saturated heterocycles. The molecule has 2 N–H and O–H groups in total. The highest BCUT2D eigenvalue weighted by molar-refractivity contribution is 7.92. The van der Waals surface area contributed by atoms with E-state index in [4.69, 9.17) is 9.89 Å². The lowest BCUT2D eigenvalue weighted by molar-refractivity contribution is 0.287. The third-order valence-electron chi connectivity index (χ3n) is 2.79. The van der Waals surface area contributed by atoms with Crippen molar-refractivity contribution in [3.63, 3.8) is 0 Å². The normalized spacial score (nSPS) is 14.7. The molecule has 1 unspecified atom stereocenters. The summed E-state index contributed by atoms with van der Waals surface area (Å²) in [6.45, 7) is 4.43. The van der Waals surface area contributed by atoms with Crippen LogP contribution in [0.2, 0.25) is 0 Å². The van der Waals surface area contributed by atoms with Crippen molar-refractivity contribution >= 4 is 9.73 Å². The van der Waals surface area contributed by atoms with E-state index in [0.29, 0.717) is 29.4 Å². The van der Waals surface area contributed by atoms with Gasteiger partial charge in [0.15, 0.2) is 0 Å². The smallest absolute Gasteiger partial charge is 0.0726 e. The lowest BCUT2D eigenvalue weighted by atomic mass is 10.0. The Hall–Kier alpha value is -0.870. The van der Waals surface area contributed by atoms with Gasteiger partial charge in [-0.2, -0.15) is 0 Å². The topological polar surface area (TPSA) is 61.2 Å². The van der Waals surface area contributed by atoms with Crippen LogP contribution < -0.4 is 0 Å². The molecular weight excluding hydrogens is 246 g/mol. The Morgan fingerprint density at radius 2 is 1.83 bits per heavy atom. The second-order valence-corrected chi connectivity index (χ2v) is 7.28. The standard InChI is InChI=1S/C14H23NO2S/c1-12(2)11-13-5-7-14(8-6-13)18(15,17)10-4-3-9-16/h5-8,12,15-16H,3-4,9-11H2,1-2H3. The van der Waals surface area contributed by atoms with E-state index in [1.165, 1.54) is 5.56 Å². The second kappa shape index (κ2) is 6.90. The molecule has 4 heteroatoms. The maximum absolute atomic E-state index is 12.2. The largest absolute Gasteiger partial charge is 0.396 e. The molecule has 102 valence electrons. The van der Waals surface area contributed by atoms with Crippen molar-refractivity contribution < 1.29 is 9.32 Å². The van der Waals surface area contributed by atoms with Crippen LogP contribution >= 0.6 is 0 Å². The van der Waals surface area contributed by atoms with Crippen LogP contribution in [0.25, 0.3) is 0 Å². The summed E-state index contributed by atoms with van der Waals surface area (Å²) in [4.78, 5) is 0.605. The van der Waals surface area contributed by atoms with Gasteiger partial charge in [0.25, 0.3) is 0 Å². The fraction of sp³-hybridized carbons (Fsp3) is 0.571. The van der Waals surface area contributed by atoms with Gasteiger partial charge in [-0.1, -0.05) is 26.0 Å². The number of aliphatic hydroxyl groups is 1. The Morgan fingerprint density at radius 3 is 2.33 bits per heavy atom. The molecule has 3 nitrogen and oxygen atoms in total. The van der Waals surface area contributed by atoms with Crippen molar-refractivity contribution in [1.82, 2.24) is 0 Å². The lowest BCUT2D eigenvalue weighted by Crippen LogP contribution is -2.06. The van der Waals surface area contributed by atoms with Crippen molar-refractivity contribution in [3.05, 3.63) is 29.8 Å². The highest BCUT2D eigenvalue weighted by atomic mass is 32.2. The molecule has 0 spiro atoms. The Bertz CT molecular complexity index is 449. The Balaban J connectivity index is 2.71. The molecule has 0 aliphatic rings. The molecule has 0 saturated carbocycles. The fourth-order valence-corrected chi connectivity index (χ4v) is 3.27. The van der Waals surface area contributed by atoms with Gasteiger partial charge in [0.2, 0.25) is 0 Å². The number of hydrogen-bond acceptors (Lipinski definition) is 3. The highest BCUT2D eigenvalue weighted by Crippen LogP contribution is 2.16. The summed E-state index contributed by atoms with van der Waals surface area (Å²) in [5.74, 6) is 0.928. The van der Waals surface area contributed by atoms with E-state index in [0.717, 1.165) is 6.42 Å². The predicted octanol–water partition coefficient (Wildman–Crippen LogP) is 3.06. The number of unbranched alkanes of at least 4 members (excludes halogenated alkanes) is 1. The molecule has 0 aliphatic carbocycles. The average Bonchev–Trinajstić information content (AvgIpc) is 2.29. The van der Waals surface area contributed by atoms with Crippen LogP contribution in [0, 0.1) is 10.7 Å². The molecule has 1 aromatic rings. The number of aliphatic hydroxyl groups excluding tert-OH is 1. The van der Waals surface area contributed by atoms with Crippen molar-refractivity contribution in [2.45, 2.75) is 38.0 Å². The molecule has 1 aromatic carbocycles. The Morgan fingerprint density at radius 1 is 1.22 bits per heavy atom. The van der Waals surface area contributed by atoms with Crippen LogP contribution in [0.4, 0.5) is 0 Å². The molecule has 0 aromatic heterocycles. The minimum atomic E-state index is -2.69. The van der Waals surface area contributed by atoms with Gasteiger partial charge in [-0.05, 0) is 42.9 Å². The average molecular weight is 269 g/mol. The van der Waals surface area contributed by atoms with E-state index >= 15 is 0 Å². The zero-order valence-electron chi connectivity index (χ0n) is 11.2. The first-order valence-electron chi connectivity index (χ1n) is 6.42. The third kappa shape index (κ3) is 4.78. The molecule has 0 fully saturated rings. The van der Waals surface area contributed by atoms with Gasteiger partial charge in [-0.3, -0.25) is 0 Å². The van der Waals surface area contributed by atoms with Gasteiger partial charge in [0, 0.05) is 17.3 Å². The summed E-state index contributed by atoms with van der Waals surface area (Å²) in [7, 11) is -2.69. The first kappa shape index (κ1) is 15.2. The van der Waals surface area contributed by atoms with Crippen LogP contribution in [0.3, 0.4) is 0 Å². The monoisotopic (exact) mass is 269 g/mol. The molecule has 0 heterocycles. The number of benzene rings is 1. The summed E-state index contributed by atoms with van der Waals surface area (Å²) < 4.78 is 20.1. The maximum atomic E-state index is 12.2. The van der Waals surface area contributed by atoms with Crippen molar-refractivity contribution in [2.75, 3.05) is 12.4 Å². The van der Waals surface area contributed by atoms with E-state index in [1.54, 1.807) is 0 Å². The zero-order valence-corrected chi connectivity index (χ0v) is 12.0. The first-order chi connectivity index (χ1) is 8.45. The molecule has 0 radical (unpaired) electrons. The van der Waals surface area contributed by atoms with E-state index in [2.05, 4.69) is 13.8 Å². The molecular formula is C14H23NO2S. The summed E-state index contributed by atoms with van der Waals surface area (Å²) >= 11 is 0. The van der Waals surface area contributed by atoms with Crippen molar-refractivity contribution in [3.8, 4) is 0 Å². The van der Waals surface area contributed by atoms with Crippen LogP contribution in [-0.4, -0.2) is 21.7 Å². The van der Waals surface area contributed by atoms with Gasteiger partial charge in [0.1, 0.15) is 0 Å². The van der Waals surface area contributed by atoms with E-state index in [-0.39, 0.29) is 6.61 Å². The Labute approximate surface area is 110 Å². The van der Waals surface area contributed by atoms with Crippen LogP contribution in [0.1, 0.15) is 32.3 Å². The highest BCUT2D eigenvalue weighted by Gasteiger charge is 2.09. The summed E-state index contributed by atoms with van der Waals surface area (Å²) in [6.07, 6.45) is 2.25. The summed E-state index contributed by atoms with van der Waals surface area (Å²) in [6, 6.07) is 7.56. The molecule has 0 aliphatic heterocycles. The van der Waals surface area contributed by atoms with E-state index in [9.17, 15) is 4.21 Å². The second-order valence-electron chi connectivity index (χ2n) is 5.05. The zero-order chi connectivity index (χ0) is 13.6. The SMILES string of the molecule is CC(C)Cc1ccc(S(=N)(=O)CCCCO)cc1. The van der Waals surface area contributed by atoms with Gasteiger partial charge in [0.05, 0.1) is 9.73 Å². The van der Waals surface area contributed by atoms with Gasteiger partial charge in [-0.15, -0.1) is 0 Å². The molecule has 1 rings (SSSR count). The van der Waals surface area contributed by atoms with Crippen LogP contribution in [0.5, 0.6) is 0 Å². The van der Waals surface area contributed by atoms with Gasteiger partial charge < -0.3 is 5.11 Å². The number of hydrogen-bond donors (Lipinski definition) is 2. The molecule has 18 heavy (non-hydrogen) atoms. The fourth-order valence-electron chi connectivity index (χ4n) is 1.85. The molecule has 0 bridgehead atoms. The summed E-state index contributed by atoms with van der Waals surface area (Å²) in [5.41, 5.74) is 1.22. The van der Waals surface area contributed by atoms with Crippen LogP contribution in [-0.2, 0) is 16.1 Å².